The van der Waals surface area contributed by atoms with Gasteiger partial charge in [0.15, 0.2) is 0 Å². The molecule has 2 aromatic rings. The Morgan fingerprint density at radius 3 is 2.53 bits per heavy atom. The summed E-state index contributed by atoms with van der Waals surface area (Å²) in [5.74, 6) is 0.369. The minimum atomic E-state index is -3.87. The number of anilines is 1. The van der Waals surface area contributed by atoms with Crippen LogP contribution in [-0.2, 0) is 10.0 Å². The lowest BCUT2D eigenvalue weighted by atomic mass is 10.1. The fourth-order valence-electron chi connectivity index (χ4n) is 4.67. The maximum Gasteiger partial charge on any atom is 0.264 e. The van der Waals surface area contributed by atoms with Crippen LogP contribution in [0.4, 0.5) is 5.69 Å². The minimum absolute atomic E-state index is 0.0927. The van der Waals surface area contributed by atoms with E-state index in [0.29, 0.717) is 36.1 Å². The van der Waals surface area contributed by atoms with Crippen LogP contribution in [0.2, 0.25) is 0 Å². The average molecular weight is 458 g/mol. The molecule has 2 aromatic carbocycles. The van der Waals surface area contributed by atoms with Gasteiger partial charge in [-0.3, -0.25) is 14.0 Å². The van der Waals surface area contributed by atoms with E-state index in [4.69, 9.17) is 4.74 Å². The molecule has 2 aliphatic rings. The fourth-order valence-corrected chi connectivity index (χ4v) is 5.90. The number of para-hydroxylation sites is 2. The van der Waals surface area contributed by atoms with Crippen LogP contribution < -0.4 is 9.04 Å². The molecule has 4 rings (SSSR count). The number of sulfonamides is 1. The van der Waals surface area contributed by atoms with E-state index >= 15 is 0 Å². The van der Waals surface area contributed by atoms with Crippen molar-refractivity contribution in [3.8, 4) is 5.75 Å². The van der Waals surface area contributed by atoms with Gasteiger partial charge in [-0.2, -0.15) is 0 Å². The van der Waals surface area contributed by atoms with Crippen LogP contribution in [0.1, 0.15) is 35.2 Å². The Balaban J connectivity index is 1.59. The van der Waals surface area contributed by atoms with E-state index in [1.165, 1.54) is 37.4 Å². The summed E-state index contributed by atoms with van der Waals surface area (Å²) in [5.41, 5.74) is 1.66. The zero-order chi connectivity index (χ0) is 22.9. The number of nitrogens with zero attached hydrogens (tertiary/aromatic N) is 3. The number of aryl methyl sites for hydroxylation is 1. The van der Waals surface area contributed by atoms with E-state index in [0.717, 1.165) is 25.1 Å². The quantitative estimate of drug-likeness (QED) is 0.667. The Kier molecular flexibility index (Phi) is 6.44. The van der Waals surface area contributed by atoms with Gasteiger partial charge in [0.1, 0.15) is 5.75 Å². The number of methoxy groups -OCH3 is 1. The summed E-state index contributed by atoms with van der Waals surface area (Å²) < 4.78 is 33.3. The number of amides is 1. The lowest BCUT2D eigenvalue weighted by Gasteiger charge is -2.24. The van der Waals surface area contributed by atoms with Crippen molar-refractivity contribution in [3.05, 3.63) is 53.6 Å². The zero-order valence-electron chi connectivity index (χ0n) is 19.0. The summed E-state index contributed by atoms with van der Waals surface area (Å²) in [7, 11) is -0.867. The zero-order valence-corrected chi connectivity index (χ0v) is 19.8. The van der Waals surface area contributed by atoms with Crippen molar-refractivity contribution in [1.82, 2.24) is 9.80 Å². The van der Waals surface area contributed by atoms with Gasteiger partial charge in [-0.1, -0.05) is 18.2 Å². The predicted molar refractivity (Wildman–Crippen MR) is 125 cm³/mol. The molecular weight excluding hydrogens is 426 g/mol. The van der Waals surface area contributed by atoms with Gasteiger partial charge < -0.3 is 9.64 Å². The van der Waals surface area contributed by atoms with Gasteiger partial charge in [-0.25, -0.2) is 8.42 Å². The largest absolute Gasteiger partial charge is 0.495 e. The maximum absolute atomic E-state index is 13.4. The van der Waals surface area contributed by atoms with E-state index in [1.54, 1.807) is 36.4 Å². The fraction of sp³-hybridized carbons (Fsp3) is 0.458. The summed E-state index contributed by atoms with van der Waals surface area (Å²) >= 11 is 0. The van der Waals surface area contributed by atoms with E-state index < -0.39 is 10.0 Å². The average Bonchev–Trinajstić information content (AvgIpc) is 3.50. The third-order valence-electron chi connectivity index (χ3n) is 6.63. The molecule has 2 heterocycles. The monoisotopic (exact) mass is 457 g/mol. The van der Waals surface area contributed by atoms with Crippen molar-refractivity contribution in [2.24, 2.45) is 0 Å². The van der Waals surface area contributed by atoms with Crippen LogP contribution >= 0.6 is 0 Å². The summed E-state index contributed by atoms with van der Waals surface area (Å²) in [5, 5.41) is 0. The van der Waals surface area contributed by atoms with Crippen LogP contribution in [0, 0.1) is 6.92 Å². The van der Waals surface area contributed by atoms with Crippen molar-refractivity contribution in [1.29, 1.82) is 0 Å². The molecule has 1 amide bonds. The lowest BCUT2D eigenvalue weighted by Crippen LogP contribution is -2.37. The van der Waals surface area contributed by atoms with Gasteiger partial charge in [0.2, 0.25) is 0 Å². The van der Waals surface area contributed by atoms with Gasteiger partial charge in [-0.15, -0.1) is 0 Å². The molecule has 0 N–H and O–H groups in total. The minimum Gasteiger partial charge on any atom is -0.495 e. The highest BCUT2D eigenvalue weighted by Gasteiger charge is 2.33. The van der Waals surface area contributed by atoms with Gasteiger partial charge in [-0.05, 0) is 69.1 Å². The van der Waals surface area contributed by atoms with E-state index in [2.05, 4.69) is 4.90 Å². The molecule has 1 atom stereocenters. The van der Waals surface area contributed by atoms with Crippen molar-refractivity contribution in [2.45, 2.75) is 37.1 Å². The molecule has 7 nitrogen and oxygen atoms in total. The Hall–Kier alpha value is -2.58. The Labute approximate surface area is 190 Å². The summed E-state index contributed by atoms with van der Waals surface area (Å²) in [6, 6.07) is 12.2. The Bertz CT molecular complexity index is 1100. The van der Waals surface area contributed by atoms with E-state index in [1.807, 2.05) is 11.8 Å². The number of ether oxygens (including phenoxy) is 1. The van der Waals surface area contributed by atoms with Crippen LogP contribution in [0.3, 0.4) is 0 Å². The highest BCUT2D eigenvalue weighted by atomic mass is 32.2. The molecule has 0 spiro atoms. The molecule has 0 radical (unpaired) electrons. The number of carbonyl (C=O) groups excluding carboxylic acids is 1. The molecule has 2 fully saturated rings. The topological polar surface area (TPSA) is 70.2 Å². The first-order valence-electron chi connectivity index (χ1n) is 11.1. The van der Waals surface area contributed by atoms with Crippen LogP contribution in [0.15, 0.2) is 47.4 Å². The Morgan fingerprint density at radius 1 is 1.09 bits per heavy atom. The number of rotatable bonds is 6. The normalized spacial score (nSPS) is 19.3. The van der Waals surface area contributed by atoms with Crippen molar-refractivity contribution in [2.75, 3.05) is 44.6 Å². The molecule has 0 bridgehead atoms. The maximum atomic E-state index is 13.4. The van der Waals surface area contributed by atoms with Gasteiger partial charge in [0.25, 0.3) is 15.9 Å². The van der Waals surface area contributed by atoms with E-state index in [9.17, 15) is 13.2 Å². The summed E-state index contributed by atoms with van der Waals surface area (Å²) in [6.45, 7) is 5.47. The van der Waals surface area contributed by atoms with E-state index in [-0.39, 0.29) is 10.8 Å². The van der Waals surface area contributed by atoms with Gasteiger partial charge in [0, 0.05) is 31.7 Å². The SMILES string of the molecule is COc1ccccc1N(C)S(=O)(=O)c1ccc(C)c(C(=O)N2CCC(N3CCCC3)C2)c1. The third-order valence-corrected chi connectivity index (χ3v) is 8.40. The second kappa shape index (κ2) is 9.11. The first-order chi connectivity index (χ1) is 15.3. The smallest absolute Gasteiger partial charge is 0.264 e. The van der Waals surface area contributed by atoms with Crippen LogP contribution in [0.25, 0.3) is 0 Å². The number of benzene rings is 2. The highest BCUT2D eigenvalue weighted by Crippen LogP contribution is 2.32. The number of hydrogen-bond donors (Lipinski definition) is 0. The number of likely N-dealkylation sites (tertiary alicyclic amines) is 2. The first-order valence-corrected chi connectivity index (χ1v) is 12.5. The van der Waals surface area contributed by atoms with Gasteiger partial charge >= 0.3 is 0 Å². The number of hydrogen-bond acceptors (Lipinski definition) is 5. The number of carbonyl (C=O) groups is 1. The first kappa shape index (κ1) is 22.6. The second-order valence-corrected chi connectivity index (χ2v) is 10.5. The summed E-state index contributed by atoms with van der Waals surface area (Å²) in [6.07, 6.45) is 3.42. The van der Waals surface area contributed by atoms with Crippen molar-refractivity contribution >= 4 is 21.6 Å². The Morgan fingerprint density at radius 2 is 1.81 bits per heavy atom. The molecule has 1 unspecified atom stereocenters. The molecule has 8 heteroatoms. The molecule has 2 saturated heterocycles. The van der Waals surface area contributed by atoms with Gasteiger partial charge in [0.05, 0.1) is 17.7 Å². The summed E-state index contributed by atoms with van der Waals surface area (Å²) in [4.78, 5) is 17.8. The third kappa shape index (κ3) is 4.21. The molecule has 0 saturated carbocycles. The molecular formula is C24H31N3O4S. The lowest BCUT2D eigenvalue weighted by molar-refractivity contribution is 0.0779. The standard InChI is InChI=1S/C24H31N3O4S/c1-18-10-11-20(32(29,30)25(2)22-8-4-5-9-23(22)31-3)16-21(18)24(28)27-15-12-19(17-27)26-13-6-7-14-26/h4-5,8-11,16,19H,6-7,12-15,17H2,1-3H3. The highest BCUT2D eigenvalue weighted by molar-refractivity contribution is 7.92. The molecule has 172 valence electrons. The van der Waals surface area contributed by atoms with Crippen LogP contribution in [-0.4, -0.2) is 70.5 Å². The molecule has 2 aliphatic heterocycles. The molecule has 0 aromatic heterocycles. The predicted octanol–water partition coefficient (Wildman–Crippen LogP) is 3.14. The molecule has 0 aliphatic carbocycles. The molecule has 32 heavy (non-hydrogen) atoms. The van der Waals surface area contributed by atoms with Crippen LogP contribution in [0.5, 0.6) is 5.75 Å². The van der Waals surface area contributed by atoms with Crippen molar-refractivity contribution < 1.29 is 17.9 Å². The van der Waals surface area contributed by atoms with Crippen molar-refractivity contribution in [3.63, 3.8) is 0 Å². The second-order valence-electron chi connectivity index (χ2n) is 8.56.